The molecule has 5 nitrogen and oxygen atoms in total. The van der Waals surface area contributed by atoms with Crippen molar-refractivity contribution in [3.63, 3.8) is 0 Å². The zero-order valence-electron chi connectivity index (χ0n) is 12.6. The summed E-state index contributed by atoms with van der Waals surface area (Å²) in [5.74, 6) is 8.00. The van der Waals surface area contributed by atoms with Crippen molar-refractivity contribution < 1.29 is 0 Å². The highest BCUT2D eigenvalue weighted by Gasteiger charge is 2.11. The van der Waals surface area contributed by atoms with Crippen molar-refractivity contribution >= 4 is 33.2 Å². The van der Waals surface area contributed by atoms with Gasteiger partial charge in [0.1, 0.15) is 0 Å². The van der Waals surface area contributed by atoms with Gasteiger partial charge < -0.3 is 16.5 Å². The van der Waals surface area contributed by atoms with Gasteiger partial charge in [-0.2, -0.15) is 0 Å². The highest BCUT2D eigenvalue weighted by Crippen LogP contribution is 2.35. The van der Waals surface area contributed by atoms with E-state index < -0.39 is 0 Å². The SMILES string of the molecule is NN.Nc1ccc2[nH]c3c(-c4ccccc4)cc(N)cc3c2c1. The highest BCUT2D eigenvalue weighted by atomic mass is 15.0. The molecule has 0 atom stereocenters. The standard InChI is InChI=1S/C18H15N3.H4N2/c19-12-6-7-17-15(8-12)16-10-13(20)9-14(18(16)21-17)11-4-2-1-3-5-11;1-2/h1-10,21H,19-20H2;1-2H2. The van der Waals surface area contributed by atoms with Crippen LogP contribution in [0.3, 0.4) is 0 Å². The van der Waals surface area contributed by atoms with Gasteiger partial charge >= 0.3 is 0 Å². The van der Waals surface area contributed by atoms with E-state index in [0.29, 0.717) is 0 Å². The second-order valence-corrected chi connectivity index (χ2v) is 5.29. The molecule has 0 radical (unpaired) electrons. The van der Waals surface area contributed by atoms with E-state index in [0.717, 1.165) is 44.3 Å². The van der Waals surface area contributed by atoms with Crippen LogP contribution in [0.1, 0.15) is 0 Å². The second kappa shape index (κ2) is 6.00. The van der Waals surface area contributed by atoms with Gasteiger partial charge in [0.25, 0.3) is 0 Å². The molecule has 1 aromatic heterocycles. The molecule has 0 aliphatic carbocycles. The number of anilines is 2. The smallest absolute Gasteiger partial charge is 0.0546 e. The summed E-state index contributed by atoms with van der Waals surface area (Å²) in [4.78, 5) is 3.49. The summed E-state index contributed by atoms with van der Waals surface area (Å²) in [5.41, 5.74) is 18.0. The van der Waals surface area contributed by atoms with Gasteiger partial charge in [-0.05, 0) is 35.9 Å². The summed E-state index contributed by atoms with van der Waals surface area (Å²) in [6.45, 7) is 0. The van der Waals surface area contributed by atoms with Crippen LogP contribution in [0, 0.1) is 0 Å². The number of fused-ring (bicyclic) bond motifs is 3. The van der Waals surface area contributed by atoms with Crippen LogP contribution in [-0.2, 0) is 0 Å². The maximum atomic E-state index is 6.11. The Kier molecular flexibility index (Phi) is 3.89. The van der Waals surface area contributed by atoms with Gasteiger partial charge in [-0.1, -0.05) is 30.3 Å². The first-order chi connectivity index (χ1) is 11.2. The topological polar surface area (TPSA) is 120 Å². The maximum Gasteiger partial charge on any atom is 0.0546 e. The van der Waals surface area contributed by atoms with E-state index in [2.05, 4.69) is 28.8 Å². The molecule has 0 unspecified atom stereocenters. The molecule has 0 fully saturated rings. The number of benzene rings is 3. The van der Waals surface area contributed by atoms with Crippen LogP contribution >= 0.6 is 0 Å². The Balaban J connectivity index is 0.000000753. The molecular formula is C18H19N5. The van der Waals surface area contributed by atoms with Crippen LogP contribution in [0.5, 0.6) is 0 Å². The number of aromatic nitrogens is 1. The zero-order valence-corrected chi connectivity index (χ0v) is 12.6. The normalized spacial score (nSPS) is 10.5. The molecule has 0 amide bonds. The number of nitrogens with two attached hydrogens (primary N) is 4. The lowest BCUT2D eigenvalue weighted by Crippen LogP contribution is -2.02. The summed E-state index contributed by atoms with van der Waals surface area (Å²) < 4.78 is 0. The number of hydrogen-bond acceptors (Lipinski definition) is 4. The van der Waals surface area contributed by atoms with Gasteiger partial charge in [0.05, 0.1) is 5.52 Å². The summed E-state index contributed by atoms with van der Waals surface area (Å²) in [5, 5.41) is 2.21. The van der Waals surface area contributed by atoms with Crippen molar-refractivity contribution in [3.05, 3.63) is 60.7 Å². The van der Waals surface area contributed by atoms with E-state index in [4.69, 9.17) is 11.5 Å². The van der Waals surface area contributed by atoms with Crippen molar-refractivity contribution in [2.24, 2.45) is 11.7 Å². The second-order valence-electron chi connectivity index (χ2n) is 5.29. The Bertz CT molecular complexity index is 957. The molecule has 0 spiro atoms. The minimum absolute atomic E-state index is 0.754. The zero-order chi connectivity index (χ0) is 16.4. The maximum absolute atomic E-state index is 6.11. The van der Waals surface area contributed by atoms with Crippen molar-refractivity contribution in [1.29, 1.82) is 0 Å². The fourth-order valence-electron chi connectivity index (χ4n) is 2.89. The van der Waals surface area contributed by atoms with E-state index in [1.54, 1.807) is 0 Å². The molecule has 3 aromatic carbocycles. The molecule has 1 heterocycles. The fourth-order valence-corrected chi connectivity index (χ4v) is 2.89. The van der Waals surface area contributed by atoms with Crippen molar-refractivity contribution in [3.8, 4) is 11.1 Å². The summed E-state index contributed by atoms with van der Waals surface area (Å²) >= 11 is 0. The van der Waals surface area contributed by atoms with Gasteiger partial charge in [0.2, 0.25) is 0 Å². The predicted octanol–water partition coefficient (Wildman–Crippen LogP) is 2.97. The average molecular weight is 305 g/mol. The Morgan fingerprint density at radius 3 is 2.13 bits per heavy atom. The number of hydrogen-bond donors (Lipinski definition) is 5. The molecule has 23 heavy (non-hydrogen) atoms. The van der Waals surface area contributed by atoms with Crippen LogP contribution in [0.15, 0.2) is 60.7 Å². The molecule has 0 bridgehead atoms. The molecule has 0 saturated heterocycles. The van der Waals surface area contributed by atoms with Gasteiger partial charge in [0, 0.05) is 33.2 Å². The lowest BCUT2D eigenvalue weighted by molar-refractivity contribution is 1.26. The number of rotatable bonds is 1. The van der Waals surface area contributed by atoms with Crippen LogP contribution in [-0.4, -0.2) is 4.98 Å². The molecule has 0 aliphatic rings. The quantitative estimate of drug-likeness (QED) is 0.211. The van der Waals surface area contributed by atoms with Crippen LogP contribution in [0.4, 0.5) is 11.4 Å². The fraction of sp³-hybridized carbons (Fsp3) is 0. The van der Waals surface area contributed by atoms with Gasteiger partial charge in [-0.3, -0.25) is 11.7 Å². The Labute approximate surface area is 133 Å². The number of hydrazine groups is 1. The van der Waals surface area contributed by atoms with Gasteiger partial charge in [-0.15, -0.1) is 0 Å². The lowest BCUT2D eigenvalue weighted by Gasteiger charge is -2.05. The summed E-state index contributed by atoms with van der Waals surface area (Å²) in [7, 11) is 0. The van der Waals surface area contributed by atoms with Gasteiger partial charge in [0.15, 0.2) is 0 Å². The van der Waals surface area contributed by atoms with E-state index >= 15 is 0 Å². The third-order valence-electron chi connectivity index (χ3n) is 3.84. The molecule has 9 N–H and O–H groups in total. The Morgan fingerprint density at radius 2 is 1.39 bits per heavy atom. The third-order valence-corrected chi connectivity index (χ3v) is 3.84. The first-order valence-electron chi connectivity index (χ1n) is 7.21. The first kappa shape index (κ1) is 14.9. The molecule has 116 valence electrons. The minimum Gasteiger partial charge on any atom is -0.399 e. The van der Waals surface area contributed by atoms with Gasteiger partial charge in [-0.25, -0.2) is 0 Å². The van der Waals surface area contributed by atoms with Crippen molar-refractivity contribution in [2.75, 3.05) is 11.5 Å². The summed E-state index contributed by atoms with van der Waals surface area (Å²) in [6, 6.07) is 20.2. The Morgan fingerprint density at radius 1 is 0.696 bits per heavy atom. The third kappa shape index (κ3) is 2.59. The summed E-state index contributed by atoms with van der Waals surface area (Å²) in [6.07, 6.45) is 0. The van der Waals surface area contributed by atoms with Crippen molar-refractivity contribution in [1.82, 2.24) is 4.98 Å². The van der Waals surface area contributed by atoms with E-state index in [9.17, 15) is 0 Å². The van der Waals surface area contributed by atoms with Crippen molar-refractivity contribution in [2.45, 2.75) is 0 Å². The van der Waals surface area contributed by atoms with E-state index in [1.165, 1.54) is 0 Å². The van der Waals surface area contributed by atoms with E-state index in [1.807, 2.05) is 48.5 Å². The predicted molar refractivity (Wildman–Crippen MR) is 98.4 cm³/mol. The molecule has 0 saturated carbocycles. The average Bonchev–Trinajstić information content (AvgIpc) is 2.94. The largest absolute Gasteiger partial charge is 0.399 e. The van der Waals surface area contributed by atoms with E-state index in [-0.39, 0.29) is 0 Å². The Hall–Kier alpha value is -3.02. The molecule has 4 aromatic rings. The molecule has 4 rings (SSSR count). The van der Waals surface area contributed by atoms with Crippen LogP contribution in [0.2, 0.25) is 0 Å². The lowest BCUT2D eigenvalue weighted by atomic mass is 10.0. The number of nitrogens with one attached hydrogen (secondary N) is 1. The monoisotopic (exact) mass is 305 g/mol. The first-order valence-corrected chi connectivity index (χ1v) is 7.21. The molecule has 0 aliphatic heterocycles. The number of H-pyrrole nitrogens is 1. The van der Waals surface area contributed by atoms with Crippen LogP contribution in [0.25, 0.3) is 32.9 Å². The van der Waals surface area contributed by atoms with Crippen LogP contribution < -0.4 is 23.2 Å². The minimum atomic E-state index is 0.754. The molecule has 5 heteroatoms. The highest BCUT2D eigenvalue weighted by molar-refractivity contribution is 6.13. The molecular weight excluding hydrogens is 286 g/mol. The number of aromatic amines is 1. The number of nitrogen functional groups attached to an aromatic ring is 2.